The molecule has 1 aromatic carbocycles. The Kier molecular flexibility index (Phi) is 4.33. The first-order valence-corrected chi connectivity index (χ1v) is 9.79. The van der Waals surface area contributed by atoms with E-state index >= 15 is 0 Å². The van der Waals surface area contributed by atoms with Crippen molar-refractivity contribution in [3.63, 3.8) is 0 Å². The molecule has 1 saturated heterocycles. The van der Waals surface area contributed by atoms with Crippen molar-refractivity contribution in [3.8, 4) is 5.69 Å². The molecule has 5 rings (SSSR count). The normalized spacial score (nSPS) is 17.7. The molecule has 0 unspecified atom stereocenters. The Morgan fingerprint density at radius 2 is 1.81 bits per heavy atom. The number of para-hydroxylation sites is 1. The number of hydrogen-bond donors (Lipinski definition) is 1. The predicted molar refractivity (Wildman–Crippen MR) is 105 cm³/mol. The van der Waals surface area contributed by atoms with Crippen LogP contribution in [-0.4, -0.2) is 39.4 Å². The molecule has 0 spiro atoms. The number of piperidine rings is 1. The molecule has 0 saturated carbocycles. The molecular weight excluding hydrogens is 336 g/mol. The minimum atomic E-state index is 0.437. The van der Waals surface area contributed by atoms with Gasteiger partial charge in [-0.3, -0.25) is 4.57 Å². The van der Waals surface area contributed by atoms with Crippen LogP contribution in [0.5, 0.6) is 0 Å². The third kappa shape index (κ3) is 3.10. The summed E-state index contributed by atoms with van der Waals surface area (Å²) in [5.41, 5.74) is 2.54. The van der Waals surface area contributed by atoms with Gasteiger partial charge in [-0.15, -0.1) is 10.2 Å². The van der Waals surface area contributed by atoms with Crippen LogP contribution in [-0.2, 0) is 13.0 Å². The number of fused-ring (bicyclic) bond motifs is 3. The first-order valence-electron chi connectivity index (χ1n) is 9.79. The summed E-state index contributed by atoms with van der Waals surface area (Å²) in [7, 11) is 0. The summed E-state index contributed by atoms with van der Waals surface area (Å²) < 4.78 is 2.33. The van der Waals surface area contributed by atoms with Gasteiger partial charge in [-0.2, -0.15) is 0 Å². The minimum absolute atomic E-state index is 0.437. The molecule has 2 aliphatic rings. The molecule has 0 bridgehead atoms. The standard InChI is InChI=1S/C21H24N6/c1-2-6-18-17(5-1)15-22-12-8-20-24-25-21(27(18)20)16-9-13-26(14-10-16)19-7-3-4-11-23-19/h1-7,11,16,22H,8-10,12-15H2. The molecule has 4 heterocycles. The molecule has 3 aromatic rings. The van der Waals surface area contributed by atoms with Crippen LogP contribution in [0.15, 0.2) is 48.7 Å². The van der Waals surface area contributed by atoms with Crippen molar-refractivity contribution in [1.82, 2.24) is 25.1 Å². The number of rotatable bonds is 2. The van der Waals surface area contributed by atoms with Crippen LogP contribution in [0, 0.1) is 0 Å². The number of nitrogens with one attached hydrogen (secondary N) is 1. The minimum Gasteiger partial charge on any atom is -0.357 e. The van der Waals surface area contributed by atoms with Gasteiger partial charge in [-0.1, -0.05) is 24.3 Å². The third-order valence-corrected chi connectivity index (χ3v) is 5.66. The van der Waals surface area contributed by atoms with Gasteiger partial charge in [-0.05, 0) is 36.6 Å². The number of hydrogen-bond acceptors (Lipinski definition) is 5. The molecule has 1 fully saturated rings. The van der Waals surface area contributed by atoms with Crippen molar-refractivity contribution in [2.75, 3.05) is 24.5 Å². The topological polar surface area (TPSA) is 58.9 Å². The van der Waals surface area contributed by atoms with Crippen LogP contribution < -0.4 is 10.2 Å². The monoisotopic (exact) mass is 360 g/mol. The maximum absolute atomic E-state index is 4.65. The lowest BCUT2D eigenvalue weighted by Gasteiger charge is -2.32. The number of aromatic nitrogens is 4. The number of benzene rings is 1. The second-order valence-electron chi connectivity index (χ2n) is 7.31. The van der Waals surface area contributed by atoms with Gasteiger partial charge in [0.15, 0.2) is 0 Å². The SMILES string of the molecule is c1ccc(N2CCC(c3nnc4n3-c3ccccc3CNCC4)CC2)nc1. The Labute approximate surface area is 159 Å². The fourth-order valence-electron chi connectivity index (χ4n) is 4.23. The van der Waals surface area contributed by atoms with Crippen LogP contribution in [0.4, 0.5) is 5.82 Å². The molecule has 0 amide bonds. The lowest BCUT2D eigenvalue weighted by molar-refractivity contribution is 0.476. The number of anilines is 1. The zero-order chi connectivity index (χ0) is 18.1. The number of nitrogens with zero attached hydrogens (tertiary/aromatic N) is 5. The maximum atomic E-state index is 4.65. The third-order valence-electron chi connectivity index (χ3n) is 5.66. The zero-order valence-corrected chi connectivity index (χ0v) is 15.4. The first-order chi connectivity index (χ1) is 13.4. The van der Waals surface area contributed by atoms with E-state index in [-0.39, 0.29) is 0 Å². The Bertz CT molecular complexity index is 911. The molecular formula is C21H24N6. The van der Waals surface area contributed by atoms with E-state index in [2.05, 4.69) is 66.4 Å². The zero-order valence-electron chi connectivity index (χ0n) is 15.4. The van der Waals surface area contributed by atoms with Gasteiger partial charge >= 0.3 is 0 Å². The fourth-order valence-corrected chi connectivity index (χ4v) is 4.23. The van der Waals surface area contributed by atoms with E-state index in [0.717, 1.165) is 62.9 Å². The van der Waals surface area contributed by atoms with Crippen molar-refractivity contribution in [2.45, 2.75) is 31.7 Å². The second kappa shape index (κ2) is 7.12. The highest BCUT2D eigenvalue weighted by atomic mass is 15.3. The van der Waals surface area contributed by atoms with Crippen molar-refractivity contribution < 1.29 is 0 Å². The van der Waals surface area contributed by atoms with Gasteiger partial charge in [0.1, 0.15) is 17.5 Å². The van der Waals surface area contributed by atoms with Crippen LogP contribution in [0.25, 0.3) is 5.69 Å². The summed E-state index contributed by atoms with van der Waals surface area (Å²) in [5, 5.41) is 12.7. The molecule has 2 aliphatic heterocycles. The van der Waals surface area contributed by atoms with Crippen molar-refractivity contribution >= 4 is 5.82 Å². The first kappa shape index (κ1) is 16.4. The summed E-state index contributed by atoms with van der Waals surface area (Å²) in [6, 6.07) is 14.7. The summed E-state index contributed by atoms with van der Waals surface area (Å²) in [4.78, 5) is 6.87. The Morgan fingerprint density at radius 1 is 0.963 bits per heavy atom. The van der Waals surface area contributed by atoms with Gasteiger partial charge in [0.05, 0.1) is 5.69 Å². The maximum Gasteiger partial charge on any atom is 0.140 e. The van der Waals surface area contributed by atoms with E-state index in [4.69, 9.17) is 0 Å². The number of pyridine rings is 1. The van der Waals surface area contributed by atoms with E-state index in [9.17, 15) is 0 Å². The largest absolute Gasteiger partial charge is 0.357 e. The predicted octanol–water partition coefficient (Wildman–Crippen LogP) is 2.69. The Hall–Kier alpha value is -2.73. The molecule has 27 heavy (non-hydrogen) atoms. The summed E-state index contributed by atoms with van der Waals surface area (Å²) in [5.74, 6) is 3.70. The highest BCUT2D eigenvalue weighted by Gasteiger charge is 2.28. The van der Waals surface area contributed by atoms with Gasteiger partial charge in [0.25, 0.3) is 0 Å². The molecule has 1 N–H and O–H groups in total. The van der Waals surface area contributed by atoms with Gasteiger partial charge in [-0.25, -0.2) is 4.98 Å². The van der Waals surface area contributed by atoms with E-state index in [1.165, 1.54) is 11.3 Å². The van der Waals surface area contributed by atoms with E-state index in [0.29, 0.717) is 5.92 Å². The quantitative estimate of drug-likeness (QED) is 0.761. The smallest absolute Gasteiger partial charge is 0.140 e. The highest BCUT2D eigenvalue weighted by Crippen LogP contribution is 2.32. The Balaban J connectivity index is 1.44. The van der Waals surface area contributed by atoms with Gasteiger partial charge in [0, 0.05) is 44.7 Å². The van der Waals surface area contributed by atoms with Crippen molar-refractivity contribution in [2.24, 2.45) is 0 Å². The van der Waals surface area contributed by atoms with Gasteiger partial charge < -0.3 is 10.2 Å². The summed E-state index contributed by atoms with van der Waals surface area (Å²) in [6.45, 7) is 3.84. The molecule has 6 heteroatoms. The Morgan fingerprint density at radius 3 is 2.67 bits per heavy atom. The summed E-state index contributed by atoms with van der Waals surface area (Å²) >= 11 is 0. The van der Waals surface area contributed by atoms with Crippen LogP contribution in [0.2, 0.25) is 0 Å². The average molecular weight is 360 g/mol. The highest BCUT2D eigenvalue weighted by molar-refractivity contribution is 5.44. The summed E-state index contributed by atoms with van der Waals surface area (Å²) in [6.07, 6.45) is 4.94. The van der Waals surface area contributed by atoms with Crippen LogP contribution in [0.1, 0.15) is 36.0 Å². The lowest BCUT2D eigenvalue weighted by Crippen LogP contribution is -2.34. The van der Waals surface area contributed by atoms with Crippen molar-refractivity contribution in [3.05, 3.63) is 65.9 Å². The molecule has 138 valence electrons. The van der Waals surface area contributed by atoms with E-state index in [1.54, 1.807) is 0 Å². The molecule has 0 aliphatic carbocycles. The molecule has 0 radical (unpaired) electrons. The van der Waals surface area contributed by atoms with E-state index in [1.807, 2.05) is 12.3 Å². The van der Waals surface area contributed by atoms with Crippen LogP contribution in [0.3, 0.4) is 0 Å². The molecule has 0 atom stereocenters. The average Bonchev–Trinajstić information content (AvgIpc) is 3.13. The second-order valence-corrected chi connectivity index (χ2v) is 7.31. The van der Waals surface area contributed by atoms with Gasteiger partial charge in [0.2, 0.25) is 0 Å². The van der Waals surface area contributed by atoms with Crippen LogP contribution >= 0.6 is 0 Å². The van der Waals surface area contributed by atoms with E-state index < -0.39 is 0 Å². The fraction of sp³-hybridized carbons (Fsp3) is 0.381. The molecule has 2 aromatic heterocycles. The molecule has 6 nitrogen and oxygen atoms in total. The lowest BCUT2D eigenvalue weighted by atomic mass is 9.95. The van der Waals surface area contributed by atoms with Crippen molar-refractivity contribution in [1.29, 1.82) is 0 Å².